The Bertz CT molecular complexity index is 663. The number of likely N-dealkylation sites (tertiary alicyclic amines) is 1. The second kappa shape index (κ2) is 8.01. The molecule has 2 aliphatic rings. The summed E-state index contributed by atoms with van der Waals surface area (Å²) in [5, 5.41) is 2.99. The fraction of sp³-hybridized carbons (Fsp3) is 0.600. The van der Waals surface area contributed by atoms with Gasteiger partial charge in [0.1, 0.15) is 5.54 Å². The lowest BCUT2D eigenvalue weighted by Crippen LogP contribution is -2.67. The number of carbonyl (C=O) groups is 2. The maximum Gasteiger partial charge on any atom is 0.240 e. The van der Waals surface area contributed by atoms with Gasteiger partial charge >= 0.3 is 0 Å². The highest BCUT2D eigenvalue weighted by Gasteiger charge is 2.46. The molecule has 0 unspecified atom stereocenters. The van der Waals surface area contributed by atoms with Crippen molar-refractivity contribution in [1.29, 1.82) is 0 Å². The Labute approximate surface area is 160 Å². The Morgan fingerprint density at radius 2 is 1.81 bits per heavy atom. The van der Waals surface area contributed by atoms with E-state index in [2.05, 4.69) is 42.3 Å². The molecule has 0 bridgehead atoms. The molecule has 0 atom stereocenters. The first kappa shape index (κ1) is 19.2. The van der Waals surface area contributed by atoms with Crippen LogP contribution in [0.2, 0.25) is 0 Å². The number of rotatable bonds is 4. The number of likely N-dealkylation sites (N-methyl/N-ethyl adjacent to an activating group) is 1. The Hall–Kier alpha value is -1.53. The van der Waals surface area contributed by atoms with Crippen LogP contribution in [0.25, 0.3) is 0 Å². The Kier molecular flexibility index (Phi) is 5.92. The van der Waals surface area contributed by atoms with Crippen LogP contribution in [-0.4, -0.2) is 66.1 Å². The number of aryl methyl sites for hydroxylation is 2. The summed E-state index contributed by atoms with van der Waals surface area (Å²) in [5.41, 5.74) is 3.39. The van der Waals surface area contributed by atoms with E-state index in [1.165, 1.54) is 16.7 Å². The molecule has 2 saturated heterocycles. The van der Waals surface area contributed by atoms with E-state index in [0.29, 0.717) is 18.8 Å². The molecule has 26 heavy (non-hydrogen) atoms. The fourth-order valence-corrected chi connectivity index (χ4v) is 4.99. The average Bonchev–Trinajstić information content (AvgIpc) is 2.59. The molecule has 2 aliphatic heterocycles. The highest BCUT2D eigenvalue weighted by molar-refractivity contribution is 7.99. The number of hydrogen-bond acceptors (Lipinski definition) is 4. The molecule has 5 nitrogen and oxygen atoms in total. The molecule has 142 valence electrons. The molecule has 2 heterocycles. The molecule has 0 saturated carbocycles. The second-order valence-corrected chi connectivity index (χ2v) is 8.56. The van der Waals surface area contributed by atoms with Crippen molar-refractivity contribution in [3.05, 3.63) is 34.9 Å². The first-order chi connectivity index (χ1) is 12.4. The molecule has 0 aromatic heterocycles. The zero-order chi connectivity index (χ0) is 18.7. The van der Waals surface area contributed by atoms with Gasteiger partial charge in [0.05, 0.1) is 5.75 Å². The van der Waals surface area contributed by atoms with Gasteiger partial charge in [-0.1, -0.05) is 29.3 Å². The van der Waals surface area contributed by atoms with E-state index < -0.39 is 5.54 Å². The molecule has 2 amide bonds. The van der Waals surface area contributed by atoms with Crippen LogP contribution in [-0.2, 0) is 15.3 Å². The molecule has 1 aromatic carbocycles. The number of amides is 2. The van der Waals surface area contributed by atoms with Gasteiger partial charge in [-0.25, -0.2) is 0 Å². The third kappa shape index (κ3) is 4.07. The van der Waals surface area contributed by atoms with Crippen molar-refractivity contribution in [3.8, 4) is 0 Å². The lowest BCUT2D eigenvalue weighted by molar-refractivity contribution is -0.144. The fourth-order valence-electron chi connectivity index (χ4n) is 4.12. The van der Waals surface area contributed by atoms with E-state index >= 15 is 0 Å². The zero-order valence-electron chi connectivity index (χ0n) is 16.0. The van der Waals surface area contributed by atoms with Gasteiger partial charge in [-0.3, -0.25) is 14.5 Å². The Balaban J connectivity index is 1.48. The van der Waals surface area contributed by atoms with Gasteiger partial charge in [-0.05, 0) is 39.3 Å². The normalized spacial score (nSPS) is 20.3. The summed E-state index contributed by atoms with van der Waals surface area (Å²) < 4.78 is 0. The van der Waals surface area contributed by atoms with Crippen molar-refractivity contribution in [2.45, 2.75) is 38.0 Å². The third-order valence-electron chi connectivity index (χ3n) is 5.61. The van der Waals surface area contributed by atoms with E-state index in [4.69, 9.17) is 0 Å². The van der Waals surface area contributed by atoms with Crippen molar-refractivity contribution in [3.63, 3.8) is 0 Å². The molecule has 6 heteroatoms. The summed E-state index contributed by atoms with van der Waals surface area (Å²) in [4.78, 5) is 29.0. The number of hydrogen-bond donors (Lipinski definition) is 1. The maximum atomic E-state index is 12.5. The first-order valence-electron chi connectivity index (χ1n) is 9.33. The van der Waals surface area contributed by atoms with Gasteiger partial charge < -0.3 is 10.2 Å². The highest BCUT2D eigenvalue weighted by Crippen LogP contribution is 2.30. The summed E-state index contributed by atoms with van der Waals surface area (Å²) in [6.07, 6.45) is 1.45. The van der Waals surface area contributed by atoms with E-state index in [0.717, 1.165) is 31.7 Å². The number of nitrogens with zero attached hydrogens (tertiary/aromatic N) is 2. The van der Waals surface area contributed by atoms with Crippen LogP contribution >= 0.6 is 11.8 Å². The first-order valence-corrected chi connectivity index (χ1v) is 10.5. The highest BCUT2D eigenvalue weighted by atomic mass is 32.2. The summed E-state index contributed by atoms with van der Waals surface area (Å²) in [7, 11) is 2.02. The number of benzene rings is 1. The minimum absolute atomic E-state index is 0.127. The van der Waals surface area contributed by atoms with Crippen molar-refractivity contribution in [2.24, 2.45) is 0 Å². The standard InChI is InChI=1S/C20H29N3O2S/c1-15-10-16(2)12-17(11-15)13-26-14-18(24)23-7-4-20(5-8-23)19(25)21-6-9-22(20)3/h10-12H,4-9,13-14H2,1-3H3,(H,21,25). The monoisotopic (exact) mass is 375 g/mol. The minimum atomic E-state index is -0.415. The van der Waals surface area contributed by atoms with Gasteiger partial charge in [0.2, 0.25) is 11.8 Å². The molecule has 1 aromatic rings. The van der Waals surface area contributed by atoms with Crippen LogP contribution in [0, 0.1) is 13.8 Å². The predicted octanol–water partition coefficient (Wildman–Crippen LogP) is 1.96. The van der Waals surface area contributed by atoms with Gasteiger partial charge in [0.15, 0.2) is 0 Å². The molecular formula is C20H29N3O2S. The average molecular weight is 376 g/mol. The topological polar surface area (TPSA) is 52.7 Å². The van der Waals surface area contributed by atoms with Crippen LogP contribution in [0.3, 0.4) is 0 Å². The maximum absolute atomic E-state index is 12.5. The van der Waals surface area contributed by atoms with E-state index in [-0.39, 0.29) is 11.8 Å². The van der Waals surface area contributed by atoms with Crippen molar-refractivity contribution in [2.75, 3.05) is 39.0 Å². The molecule has 1 N–H and O–H groups in total. The summed E-state index contributed by atoms with van der Waals surface area (Å²) in [6.45, 7) is 7.14. The molecule has 1 spiro atoms. The summed E-state index contributed by atoms with van der Waals surface area (Å²) in [5.74, 6) is 1.68. The van der Waals surface area contributed by atoms with Crippen LogP contribution in [0.4, 0.5) is 0 Å². The SMILES string of the molecule is Cc1cc(C)cc(CSCC(=O)N2CCC3(CC2)C(=O)NCCN3C)c1. The third-order valence-corrected chi connectivity index (χ3v) is 6.59. The molecule has 3 rings (SSSR count). The van der Waals surface area contributed by atoms with Crippen LogP contribution < -0.4 is 5.32 Å². The van der Waals surface area contributed by atoms with Gasteiger partial charge in [-0.15, -0.1) is 11.8 Å². The van der Waals surface area contributed by atoms with Crippen LogP contribution in [0.15, 0.2) is 18.2 Å². The van der Waals surface area contributed by atoms with Gasteiger partial charge in [0, 0.05) is 31.9 Å². The lowest BCUT2D eigenvalue weighted by Gasteiger charge is -2.48. The van der Waals surface area contributed by atoms with Crippen LogP contribution in [0.1, 0.15) is 29.5 Å². The quantitative estimate of drug-likeness (QED) is 0.874. The Morgan fingerprint density at radius 1 is 1.15 bits per heavy atom. The largest absolute Gasteiger partial charge is 0.353 e. The van der Waals surface area contributed by atoms with Crippen molar-refractivity contribution < 1.29 is 9.59 Å². The molecule has 0 radical (unpaired) electrons. The number of nitrogens with one attached hydrogen (secondary N) is 1. The van der Waals surface area contributed by atoms with Crippen molar-refractivity contribution in [1.82, 2.24) is 15.1 Å². The number of piperazine rings is 1. The molecule has 2 fully saturated rings. The van der Waals surface area contributed by atoms with Crippen LogP contribution in [0.5, 0.6) is 0 Å². The number of piperidine rings is 1. The molecule has 0 aliphatic carbocycles. The molecular weight excluding hydrogens is 346 g/mol. The minimum Gasteiger partial charge on any atom is -0.353 e. The summed E-state index contributed by atoms with van der Waals surface area (Å²) >= 11 is 1.67. The lowest BCUT2D eigenvalue weighted by atomic mass is 9.83. The van der Waals surface area contributed by atoms with Gasteiger partial charge in [-0.2, -0.15) is 0 Å². The number of carbonyl (C=O) groups excluding carboxylic acids is 2. The smallest absolute Gasteiger partial charge is 0.240 e. The van der Waals surface area contributed by atoms with E-state index in [1.54, 1.807) is 11.8 Å². The van der Waals surface area contributed by atoms with Crippen molar-refractivity contribution >= 4 is 23.6 Å². The number of thioether (sulfide) groups is 1. The Morgan fingerprint density at radius 3 is 2.42 bits per heavy atom. The zero-order valence-corrected chi connectivity index (χ0v) is 16.8. The summed E-state index contributed by atoms with van der Waals surface area (Å²) in [6, 6.07) is 6.54. The predicted molar refractivity (Wildman–Crippen MR) is 106 cm³/mol. The second-order valence-electron chi connectivity index (χ2n) is 7.58. The van der Waals surface area contributed by atoms with E-state index in [1.807, 2.05) is 11.9 Å². The van der Waals surface area contributed by atoms with Gasteiger partial charge in [0.25, 0.3) is 0 Å². The van der Waals surface area contributed by atoms with E-state index in [9.17, 15) is 9.59 Å².